The van der Waals surface area contributed by atoms with Gasteiger partial charge in [-0.05, 0) is 29.7 Å². The van der Waals surface area contributed by atoms with Gasteiger partial charge < -0.3 is 5.11 Å². The number of sulfonamides is 1. The van der Waals surface area contributed by atoms with E-state index in [4.69, 9.17) is 11.6 Å². The van der Waals surface area contributed by atoms with Crippen molar-refractivity contribution < 1.29 is 18.3 Å². The number of nitrogens with zero attached hydrogens (tertiary/aromatic N) is 1. The first-order chi connectivity index (χ1) is 11.4. The van der Waals surface area contributed by atoms with E-state index in [9.17, 15) is 18.3 Å². The highest BCUT2D eigenvalue weighted by Crippen LogP contribution is 2.37. The van der Waals surface area contributed by atoms with Crippen LogP contribution in [-0.4, -0.2) is 30.3 Å². The van der Waals surface area contributed by atoms with Crippen LogP contribution in [0.25, 0.3) is 0 Å². The highest BCUT2D eigenvalue weighted by atomic mass is 35.5. The van der Waals surface area contributed by atoms with Crippen LogP contribution in [0.5, 0.6) is 0 Å². The van der Waals surface area contributed by atoms with Gasteiger partial charge in [-0.1, -0.05) is 48.0 Å². The van der Waals surface area contributed by atoms with Crippen molar-refractivity contribution in [1.82, 2.24) is 4.31 Å². The van der Waals surface area contributed by atoms with E-state index in [1.165, 1.54) is 16.4 Å². The minimum absolute atomic E-state index is 0.00133. The summed E-state index contributed by atoms with van der Waals surface area (Å²) in [5, 5.41) is 9.38. The Morgan fingerprint density at radius 3 is 2.54 bits per heavy atom. The molecular weight excluding hydrogens is 350 g/mol. The van der Waals surface area contributed by atoms with E-state index in [0.29, 0.717) is 6.42 Å². The van der Waals surface area contributed by atoms with E-state index in [2.05, 4.69) is 0 Å². The van der Waals surface area contributed by atoms with Crippen molar-refractivity contribution in [3.8, 4) is 0 Å². The fourth-order valence-electron chi connectivity index (χ4n) is 3.07. The maximum Gasteiger partial charge on any atom is 0.305 e. The molecule has 126 valence electrons. The van der Waals surface area contributed by atoms with Gasteiger partial charge in [0.1, 0.15) is 4.90 Å². The molecule has 1 heterocycles. The average molecular weight is 366 g/mol. The molecule has 1 unspecified atom stereocenters. The molecule has 0 amide bonds. The second-order valence-electron chi connectivity index (χ2n) is 5.61. The molecule has 0 spiro atoms. The third-order valence-electron chi connectivity index (χ3n) is 4.15. The largest absolute Gasteiger partial charge is 0.481 e. The lowest BCUT2D eigenvalue weighted by Gasteiger charge is -2.35. The standard InChI is InChI=1S/C17H16ClNO4S/c18-14-7-3-4-8-16(14)24(22,23)19-10-9-12-5-1-2-6-13(12)15(19)11-17(20)21/h1-8,15H,9-11H2,(H,20,21). The van der Waals surface area contributed by atoms with Crippen LogP contribution in [0, 0.1) is 0 Å². The zero-order valence-corrected chi connectivity index (χ0v) is 14.3. The lowest BCUT2D eigenvalue weighted by atomic mass is 9.92. The quantitative estimate of drug-likeness (QED) is 0.903. The summed E-state index contributed by atoms with van der Waals surface area (Å²) in [5.74, 6) is -1.05. The molecule has 1 atom stereocenters. The monoisotopic (exact) mass is 365 g/mol. The molecule has 7 heteroatoms. The SMILES string of the molecule is O=C(O)CC1c2ccccc2CCN1S(=O)(=O)c1ccccc1Cl. The maximum absolute atomic E-state index is 13.1. The number of rotatable bonds is 4. The molecule has 0 bridgehead atoms. The van der Waals surface area contributed by atoms with Crippen molar-refractivity contribution >= 4 is 27.6 Å². The first-order valence-corrected chi connectivity index (χ1v) is 9.29. The molecule has 0 radical (unpaired) electrons. The predicted octanol–water partition coefficient (Wildman–Crippen LogP) is 3.10. The van der Waals surface area contributed by atoms with Crippen LogP contribution in [0.2, 0.25) is 5.02 Å². The second-order valence-corrected chi connectivity index (χ2v) is 7.87. The fourth-order valence-corrected chi connectivity index (χ4v) is 5.17. The molecular formula is C17H16ClNO4S. The molecule has 1 N–H and O–H groups in total. The molecule has 1 aliphatic heterocycles. The number of carbonyl (C=O) groups is 1. The van der Waals surface area contributed by atoms with E-state index < -0.39 is 22.0 Å². The summed E-state index contributed by atoms with van der Waals surface area (Å²) in [6, 6.07) is 12.8. The number of carboxylic acids is 1. The first kappa shape index (κ1) is 17.0. The van der Waals surface area contributed by atoms with Gasteiger partial charge in [0.05, 0.1) is 17.5 Å². The van der Waals surface area contributed by atoms with Crippen LogP contribution < -0.4 is 0 Å². The minimum Gasteiger partial charge on any atom is -0.481 e. The highest BCUT2D eigenvalue weighted by molar-refractivity contribution is 7.89. The Labute approximate surface area is 145 Å². The smallest absolute Gasteiger partial charge is 0.305 e. The van der Waals surface area contributed by atoms with Crippen LogP contribution in [0.4, 0.5) is 0 Å². The molecule has 0 fully saturated rings. The Bertz CT molecular complexity index is 882. The lowest BCUT2D eigenvalue weighted by molar-refractivity contribution is -0.138. The maximum atomic E-state index is 13.1. The molecule has 3 rings (SSSR count). The van der Waals surface area contributed by atoms with Crippen LogP contribution >= 0.6 is 11.6 Å². The highest BCUT2D eigenvalue weighted by Gasteiger charge is 2.38. The Hall–Kier alpha value is -1.89. The molecule has 0 aliphatic carbocycles. The van der Waals surface area contributed by atoms with Gasteiger partial charge in [0.15, 0.2) is 0 Å². The number of aliphatic carboxylic acids is 1. The van der Waals surface area contributed by atoms with Crippen molar-refractivity contribution in [2.75, 3.05) is 6.54 Å². The Kier molecular flexibility index (Phi) is 4.62. The van der Waals surface area contributed by atoms with Gasteiger partial charge in [-0.15, -0.1) is 0 Å². The van der Waals surface area contributed by atoms with Gasteiger partial charge in [0.2, 0.25) is 10.0 Å². The van der Waals surface area contributed by atoms with Crippen molar-refractivity contribution in [2.45, 2.75) is 23.8 Å². The van der Waals surface area contributed by atoms with Crippen molar-refractivity contribution in [3.63, 3.8) is 0 Å². The molecule has 0 saturated carbocycles. The van der Waals surface area contributed by atoms with Crippen LogP contribution in [0.15, 0.2) is 53.4 Å². The van der Waals surface area contributed by atoms with Crippen LogP contribution in [0.1, 0.15) is 23.6 Å². The van der Waals surface area contributed by atoms with E-state index in [-0.39, 0.29) is 22.9 Å². The molecule has 2 aromatic carbocycles. The summed E-state index contributed by atoms with van der Waals surface area (Å²) in [6.45, 7) is 0.225. The Morgan fingerprint density at radius 1 is 1.17 bits per heavy atom. The van der Waals surface area contributed by atoms with Gasteiger partial charge in [-0.3, -0.25) is 4.79 Å². The molecule has 5 nitrogen and oxygen atoms in total. The minimum atomic E-state index is -3.89. The zero-order chi connectivity index (χ0) is 17.3. The zero-order valence-electron chi connectivity index (χ0n) is 12.7. The van der Waals surface area contributed by atoms with Crippen molar-refractivity contribution in [3.05, 3.63) is 64.7 Å². The third-order valence-corrected chi connectivity index (χ3v) is 6.56. The van der Waals surface area contributed by atoms with E-state index in [1.54, 1.807) is 24.3 Å². The number of benzene rings is 2. The van der Waals surface area contributed by atoms with Gasteiger partial charge in [-0.25, -0.2) is 8.42 Å². The summed E-state index contributed by atoms with van der Waals surface area (Å²) in [7, 11) is -3.89. The average Bonchev–Trinajstić information content (AvgIpc) is 2.54. The molecule has 0 saturated heterocycles. The summed E-state index contributed by atoms with van der Waals surface area (Å²) < 4.78 is 27.4. The van der Waals surface area contributed by atoms with Crippen molar-refractivity contribution in [2.24, 2.45) is 0 Å². The predicted molar refractivity (Wildman–Crippen MR) is 90.5 cm³/mol. The molecule has 0 aromatic heterocycles. The lowest BCUT2D eigenvalue weighted by Crippen LogP contribution is -2.41. The van der Waals surface area contributed by atoms with Gasteiger partial charge in [0, 0.05) is 6.54 Å². The van der Waals surface area contributed by atoms with Gasteiger partial charge >= 0.3 is 5.97 Å². The summed E-state index contributed by atoms with van der Waals surface area (Å²) in [6.07, 6.45) is 0.247. The summed E-state index contributed by atoms with van der Waals surface area (Å²) in [5.41, 5.74) is 1.72. The van der Waals surface area contributed by atoms with Gasteiger partial charge in [-0.2, -0.15) is 4.31 Å². The molecule has 2 aromatic rings. The topological polar surface area (TPSA) is 74.7 Å². The van der Waals surface area contributed by atoms with E-state index in [1.807, 2.05) is 12.1 Å². The number of carboxylic acid groups (broad SMARTS) is 1. The second kappa shape index (κ2) is 6.55. The molecule has 1 aliphatic rings. The Morgan fingerprint density at radius 2 is 1.83 bits per heavy atom. The van der Waals surface area contributed by atoms with Crippen LogP contribution in [0.3, 0.4) is 0 Å². The fraction of sp³-hybridized carbons (Fsp3) is 0.235. The van der Waals surface area contributed by atoms with Crippen molar-refractivity contribution in [1.29, 1.82) is 0 Å². The van der Waals surface area contributed by atoms with E-state index >= 15 is 0 Å². The number of hydrogen-bond donors (Lipinski definition) is 1. The number of fused-ring (bicyclic) bond motifs is 1. The summed E-state index contributed by atoms with van der Waals surface area (Å²) in [4.78, 5) is 11.3. The summed E-state index contributed by atoms with van der Waals surface area (Å²) >= 11 is 6.06. The van der Waals surface area contributed by atoms with Crippen LogP contribution in [-0.2, 0) is 21.2 Å². The van der Waals surface area contributed by atoms with Gasteiger partial charge in [0.25, 0.3) is 0 Å². The number of hydrogen-bond acceptors (Lipinski definition) is 3. The Balaban J connectivity index is 2.09. The number of halogens is 1. The third kappa shape index (κ3) is 3.05. The first-order valence-electron chi connectivity index (χ1n) is 7.47. The van der Waals surface area contributed by atoms with E-state index in [0.717, 1.165) is 11.1 Å². The molecule has 24 heavy (non-hydrogen) atoms. The normalized spacial score (nSPS) is 18.1.